The van der Waals surface area contributed by atoms with Gasteiger partial charge in [0.1, 0.15) is 5.82 Å². The van der Waals surface area contributed by atoms with Gasteiger partial charge in [-0.1, -0.05) is 0 Å². The van der Waals surface area contributed by atoms with Crippen LogP contribution in [0.1, 0.15) is 19.0 Å². The van der Waals surface area contributed by atoms with Gasteiger partial charge in [-0.25, -0.2) is 4.98 Å². The number of nitrogens with two attached hydrogens (primary N) is 1. The second-order valence-electron chi connectivity index (χ2n) is 3.18. The lowest BCUT2D eigenvalue weighted by molar-refractivity contribution is 0.688. The van der Waals surface area contributed by atoms with E-state index < -0.39 is 0 Å². The molecule has 1 rings (SSSR count). The van der Waals surface area contributed by atoms with E-state index in [-0.39, 0.29) is 6.04 Å². The Morgan fingerprint density at radius 2 is 2.15 bits per heavy atom. The molecule has 13 heavy (non-hydrogen) atoms. The Morgan fingerprint density at radius 3 is 2.77 bits per heavy atom. The lowest BCUT2D eigenvalue weighted by Crippen LogP contribution is -2.19. The number of rotatable bonds is 4. The molecule has 3 N–H and O–H groups in total. The van der Waals surface area contributed by atoms with Crippen molar-refractivity contribution >= 4 is 5.82 Å². The molecule has 1 unspecified atom stereocenters. The van der Waals surface area contributed by atoms with Gasteiger partial charge >= 0.3 is 0 Å². The van der Waals surface area contributed by atoms with Crippen LogP contribution in [0.15, 0.2) is 12.4 Å². The van der Waals surface area contributed by atoms with Crippen LogP contribution in [0.5, 0.6) is 0 Å². The molecule has 0 aliphatic carbocycles. The van der Waals surface area contributed by atoms with Crippen LogP contribution < -0.4 is 11.1 Å². The smallest absolute Gasteiger partial charge is 0.147 e. The van der Waals surface area contributed by atoms with Gasteiger partial charge in [-0.3, -0.25) is 4.98 Å². The van der Waals surface area contributed by atoms with E-state index in [1.165, 1.54) is 0 Å². The van der Waals surface area contributed by atoms with Crippen molar-refractivity contribution in [3.63, 3.8) is 0 Å². The molecule has 1 aromatic rings. The zero-order valence-electron chi connectivity index (χ0n) is 8.12. The van der Waals surface area contributed by atoms with Gasteiger partial charge in [0.2, 0.25) is 0 Å². The molecular formula is C9H16N4. The molecule has 0 aromatic carbocycles. The Morgan fingerprint density at radius 1 is 1.46 bits per heavy atom. The van der Waals surface area contributed by atoms with Crippen molar-refractivity contribution in [2.75, 3.05) is 11.9 Å². The highest BCUT2D eigenvalue weighted by Gasteiger charge is 1.98. The summed E-state index contributed by atoms with van der Waals surface area (Å²) >= 11 is 0. The first kappa shape index (κ1) is 9.92. The molecule has 1 aromatic heterocycles. The maximum Gasteiger partial charge on any atom is 0.147 e. The number of aryl methyl sites for hydroxylation is 1. The first-order chi connectivity index (χ1) is 6.20. The molecule has 0 radical (unpaired) electrons. The summed E-state index contributed by atoms with van der Waals surface area (Å²) in [5.41, 5.74) is 6.54. The van der Waals surface area contributed by atoms with Crippen LogP contribution in [0.3, 0.4) is 0 Å². The normalized spacial score (nSPS) is 12.5. The summed E-state index contributed by atoms with van der Waals surface area (Å²) in [6.45, 7) is 4.77. The molecule has 0 bridgehead atoms. The Hall–Kier alpha value is -1.16. The summed E-state index contributed by atoms with van der Waals surface area (Å²) in [6.07, 6.45) is 4.31. The predicted molar refractivity (Wildman–Crippen MR) is 53.5 cm³/mol. The fourth-order valence-corrected chi connectivity index (χ4v) is 0.999. The summed E-state index contributed by atoms with van der Waals surface area (Å²) in [4.78, 5) is 8.28. The standard InChI is InChI=1S/C9H16N4/c1-7(10)3-4-12-9-8(2)11-5-6-13-9/h5-7H,3-4,10H2,1-2H3,(H,12,13). The van der Waals surface area contributed by atoms with Gasteiger partial charge in [0.05, 0.1) is 5.69 Å². The lowest BCUT2D eigenvalue weighted by atomic mass is 10.2. The molecule has 1 atom stereocenters. The number of hydrogen-bond acceptors (Lipinski definition) is 4. The molecular weight excluding hydrogens is 164 g/mol. The molecule has 0 aliphatic heterocycles. The second kappa shape index (κ2) is 4.77. The van der Waals surface area contributed by atoms with E-state index in [1.807, 2.05) is 13.8 Å². The number of hydrogen-bond donors (Lipinski definition) is 2. The van der Waals surface area contributed by atoms with Crippen molar-refractivity contribution in [3.8, 4) is 0 Å². The first-order valence-corrected chi connectivity index (χ1v) is 4.47. The molecule has 4 nitrogen and oxygen atoms in total. The minimum absolute atomic E-state index is 0.226. The van der Waals surface area contributed by atoms with Gasteiger partial charge in [-0.2, -0.15) is 0 Å². The van der Waals surface area contributed by atoms with Crippen molar-refractivity contribution < 1.29 is 0 Å². The van der Waals surface area contributed by atoms with Gasteiger partial charge in [-0.15, -0.1) is 0 Å². The molecule has 0 fully saturated rings. The third kappa shape index (κ3) is 3.38. The quantitative estimate of drug-likeness (QED) is 0.723. The van der Waals surface area contributed by atoms with Crippen LogP contribution in [0.2, 0.25) is 0 Å². The van der Waals surface area contributed by atoms with E-state index in [4.69, 9.17) is 5.73 Å². The molecule has 0 amide bonds. The van der Waals surface area contributed by atoms with Gasteiger partial charge in [-0.05, 0) is 20.3 Å². The number of aromatic nitrogens is 2. The van der Waals surface area contributed by atoms with Gasteiger partial charge in [0.15, 0.2) is 0 Å². The van der Waals surface area contributed by atoms with E-state index in [0.717, 1.165) is 24.5 Å². The summed E-state index contributed by atoms with van der Waals surface area (Å²) < 4.78 is 0. The maximum absolute atomic E-state index is 5.62. The number of anilines is 1. The minimum Gasteiger partial charge on any atom is -0.369 e. The highest BCUT2D eigenvalue weighted by Crippen LogP contribution is 2.05. The topological polar surface area (TPSA) is 63.8 Å². The third-order valence-electron chi connectivity index (χ3n) is 1.77. The minimum atomic E-state index is 0.226. The van der Waals surface area contributed by atoms with Crippen LogP contribution >= 0.6 is 0 Å². The summed E-state index contributed by atoms with van der Waals surface area (Å²) in [5, 5.41) is 3.19. The fraction of sp³-hybridized carbons (Fsp3) is 0.556. The Kier molecular flexibility index (Phi) is 3.64. The van der Waals surface area contributed by atoms with Gasteiger partial charge in [0.25, 0.3) is 0 Å². The molecule has 1 heterocycles. The van der Waals surface area contributed by atoms with Crippen molar-refractivity contribution in [1.82, 2.24) is 9.97 Å². The highest BCUT2D eigenvalue weighted by molar-refractivity contribution is 5.37. The molecule has 4 heteroatoms. The largest absolute Gasteiger partial charge is 0.369 e. The molecule has 72 valence electrons. The second-order valence-corrected chi connectivity index (χ2v) is 3.18. The van der Waals surface area contributed by atoms with Crippen LogP contribution in [-0.2, 0) is 0 Å². The van der Waals surface area contributed by atoms with Crippen molar-refractivity contribution in [1.29, 1.82) is 0 Å². The lowest BCUT2D eigenvalue weighted by Gasteiger charge is -2.08. The predicted octanol–water partition coefficient (Wildman–Crippen LogP) is 0.934. The van der Waals surface area contributed by atoms with Crippen molar-refractivity contribution in [2.24, 2.45) is 5.73 Å². The van der Waals surface area contributed by atoms with Crippen molar-refractivity contribution in [2.45, 2.75) is 26.3 Å². The van der Waals surface area contributed by atoms with E-state index in [1.54, 1.807) is 12.4 Å². The third-order valence-corrected chi connectivity index (χ3v) is 1.77. The van der Waals surface area contributed by atoms with Gasteiger partial charge in [0, 0.05) is 25.0 Å². The summed E-state index contributed by atoms with van der Waals surface area (Å²) in [6, 6.07) is 0.226. The van der Waals surface area contributed by atoms with Crippen LogP contribution in [0, 0.1) is 6.92 Å². The molecule has 0 aliphatic rings. The fourth-order valence-electron chi connectivity index (χ4n) is 0.999. The first-order valence-electron chi connectivity index (χ1n) is 4.47. The Bertz CT molecular complexity index is 260. The summed E-state index contributed by atoms with van der Waals surface area (Å²) in [7, 11) is 0. The van der Waals surface area contributed by atoms with Crippen LogP contribution in [-0.4, -0.2) is 22.6 Å². The molecule has 0 saturated heterocycles. The highest BCUT2D eigenvalue weighted by atomic mass is 15.0. The van der Waals surface area contributed by atoms with E-state index in [2.05, 4.69) is 15.3 Å². The van der Waals surface area contributed by atoms with Crippen LogP contribution in [0.25, 0.3) is 0 Å². The Balaban J connectivity index is 2.41. The van der Waals surface area contributed by atoms with Crippen LogP contribution in [0.4, 0.5) is 5.82 Å². The van der Waals surface area contributed by atoms with E-state index in [9.17, 15) is 0 Å². The zero-order chi connectivity index (χ0) is 9.68. The van der Waals surface area contributed by atoms with E-state index in [0.29, 0.717) is 0 Å². The zero-order valence-corrected chi connectivity index (χ0v) is 8.12. The average Bonchev–Trinajstić information content (AvgIpc) is 2.08. The molecule has 0 saturated carbocycles. The maximum atomic E-state index is 5.62. The monoisotopic (exact) mass is 180 g/mol. The number of nitrogens with one attached hydrogen (secondary N) is 1. The van der Waals surface area contributed by atoms with E-state index >= 15 is 0 Å². The summed E-state index contributed by atoms with van der Waals surface area (Å²) in [5.74, 6) is 0.850. The van der Waals surface area contributed by atoms with Gasteiger partial charge < -0.3 is 11.1 Å². The number of nitrogens with zero attached hydrogens (tertiary/aromatic N) is 2. The SMILES string of the molecule is Cc1nccnc1NCCC(C)N. The average molecular weight is 180 g/mol. The van der Waals surface area contributed by atoms with Crippen molar-refractivity contribution in [3.05, 3.63) is 18.1 Å². The molecule has 0 spiro atoms. The Labute approximate surface area is 78.6 Å².